The van der Waals surface area contributed by atoms with Gasteiger partial charge in [0.1, 0.15) is 18.3 Å². The highest BCUT2D eigenvalue weighted by atomic mass is 19.1. The van der Waals surface area contributed by atoms with E-state index in [1.54, 1.807) is 0 Å². The van der Waals surface area contributed by atoms with E-state index in [0.717, 1.165) is 0 Å². The second-order valence-electron chi connectivity index (χ2n) is 2.99. The number of hydrogen-bond donors (Lipinski definition) is 3. The Morgan fingerprint density at radius 1 is 1.33 bits per heavy atom. The summed E-state index contributed by atoms with van der Waals surface area (Å²) in [6, 6.07) is 0. The standard InChI is InChI=1S/C7H13FO4/c1-3-5(8)7(11)6(10)4(2-9)12-3/h3-7,9-11H,2H2,1H3/t3-,4?,5?,6-,7-/m1/s1. The van der Waals surface area contributed by atoms with Gasteiger partial charge in [0.15, 0.2) is 6.17 Å². The summed E-state index contributed by atoms with van der Waals surface area (Å²) in [4.78, 5) is 0. The second kappa shape index (κ2) is 3.66. The minimum atomic E-state index is -1.59. The minimum absolute atomic E-state index is 0.421. The van der Waals surface area contributed by atoms with Crippen LogP contribution in [0.1, 0.15) is 6.92 Å². The average molecular weight is 180 g/mol. The molecule has 0 bridgehead atoms. The first kappa shape index (κ1) is 9.85. The third-order valence-electron chi connectivity index (χ3n) is 2.07. The van der Waals surface area contributed by atoms with Crippen LogP contribution in [0.25, 0.3) is 0 Å². The maximum absolute atomic E-state index is 12.9. The number of aliphatic hydroxyl groups excluding tert-OH is 3. The Bertz CT molecular complexity index is 150. The Balaban J connectivity index is 2.63. The third kappa shape index (κ3) is 1.59. The smallest absolute Gasteiger partial charge is 0.154 e. The topological polar surface area (TPSA) is 69.9 Å². The van der Waals surface area contributed by atoms with E-state index in [1.165, 1.54) is 6.92 Å². The van der Waals surface area contributed by atoms with Gasteiger partial charge in [-0.1, -0.05) is 0 Å². The van der Waals surface area contributed by atoms with Crippen LogP contribution in [-0.4, -0.2) is 52.5 Å². The van der Waals surface area contributed by atoms with E-state index in [-0.39, 0.29) is 0 Å². The fraction of sp³-hybridized carbons (Fsp3) is 1.00. The molecular weight excluding hydrogens is 167 g/mol. The predicted octanol–water partition coefficient (Wildman–Crippen LogP) is -1.17. The molecule has 1 aliphatic rings. The van der Waals surface area contributed by atoms with Gasteiger partial charge in [0.05, 0.1) is 12.7 Å². The number of ether oxygens (including phenoxy) is 1. The van der Waals surface area contributed by atoms with Gasteiger partial charge in [0.2, 0.25) is 0 Å². The highest BCUT2D eigenvalue weighted by Crippen LogP contribution is 2.22. The number of rotatable bonds is 1. The molecule has 5 heteroatoms. The number of alkyl halides is 1. The van der Waals surface area contributed by atoms with Gasteiger partial charge in [0.25, 0.3) is 0 Å². The van der Waals surface area contributed by atoms with Crippen LogP contribution in [-0.2, 0) is 4.74 Å². The molecule has 0 aromatic heterocycles. The normalized spacial score (nSPS) is 49.2. The van der Waals surface area contributed by atoms with Crippen LogP contribution in [0.15, 0.2) is 0 Å². The highest BCUT2D eigenvalue weighted by molar-refractivity contribution is 4.90. The lowest BCUT2D eigenvalue weighted by Gasteiger charge is -2.37. The Labute approximate surface area is 69.6 Å². The van der Waals surface area contributed by atoms with Crippen LogP contribution < -0.4 is 0 Å². The van der Waals surface area contributed by atoms with E-state index >= 15 is 0 Å². The molecular formula is C7H13FO4. The Hall–Kier alpha value is -0.230. The quantitative estimate of drug-likeness (QED) is 0.475. The zero-order chi connectivity index (χ0) is 9.30. The summed E-state index contributed by atoms with van der Waals surface area (Å²) in [6.07, 6.45) is -6.09. The molecule has 0 radical (unpaired) electrons. The third-order valence-corrected chi connectivity index (χ3v) is 2.07. The summed E-state index contributed by atoms with van der Waals surface area (Å²) in [7, 11) is 0. The molecule has 12 heavy (non-hydrogen) atoms. The van der Waals surface area contributed by atoms with Crippen molar-refractivity contribution in [3.63, 3.8) is 0 Å². The largest absolute Gasteiger partial charge is 0.394 e. The molecule has 0 saturated carbocycles. The second-order valence-corrected chi connectivity index (χ2v) is 2.99. The Kier molecular flexibility index (Phi) is 3.00. The molecule has 0 aromatic carbocycles. The van der Waals surface area contributed by atoms with Crippen molar-refractivity contribution in [3.8, 4) is 0 Å². The zero-order valence-corrected chi connectivity index (χ0v) is 6.72. The van der Waals surface area contributed by atoms with Crippen LogP contribution in [0.3, 0.4) is 0 Å². The van der Waals surface area contributed by atoms with E-state index in [9.17, 15) is 4.39 Å². The van der Waals surface area contributed by atoms with E-state index in [1.807, 2.05) is 0 Å². The zero-order valence-electron chi connectivity index (χ0n) is 6.72. The summed E-state index contributed by atoms with van der Waals surface area (Å²) in [6.45, 7) is 1.03. The molecule has 5 atom stereocenters. The van der Waals surface area contributed by atoms with Crippen molar-refractivity contribution in [1.82, 2.24) is 0 Å². The molecule has 1 rings (SSSR count). The highest BCUT2D eigenvalue weighted by Gasteiger charge is 2.42. The van der Waals surface area contributed by atoms with Gasteiger partial charge < -0.3 is 20.1 Å². The average Bonchev–Trinajstić information content (AvgIpc) is 2.08. The molecule has 3 N–H and O–H groups in total. The first-order valence-electron chi connectivity index (χ1n) is 3.84. The summed E-state index contributed by atoms with van der Waals surface area (Å²) in [5, 5.41) is 26.9. The van der Waals surface area contributed by atoms with Crippen molar-refractivity contribution in [2.75, 3.05) is 6.61 Å². The first-order chi connectivity index (χ1) is 5.57. The molecule has 1 aliphatic heterocycles. The lowest BCUT2D eigenvalue weighted by Crippen LogP contribution is -2.56. The molecule has 1 fully saturated rings. The molecule has 72 valence electrons. The summed E-state index contributed by atoms with van der Waals surface area (Å²) in [5.74, 6) is 0. The van der Waals surface area contributed by atoms with E-state index in [2.05, 4.69) is 0 Å². The molecule has 1 heterocycles. The lowest BCUT2D eigenvalue weighted by atomic mass is 9.97. The SMILES string of the molecule is C[C@H]1OC(CO)[C@@H](O)[C@H](O)C1F. The molecule has 4 nitrogen and oxygen atoms in total. The van der Waals surface area contributed by atoms with Crippen LogP contribution >= 0.6 is 0 Å². The molecule has 1 saturated heterocycles. The fourth-order valence-corrected chi connectivity index (χ4v) is 1.27. The summed E-state index contributed by atoms with van der Waals surface area (Å²) >= 11 is 0. The van der Waals surface area contributed by atoms with E-state index in [4.69, 9.17) is 20.1 Å². The van der Waals surface area contributed by atoms with Gasteiger partial charge in [-0.3, -0.25) is 0 Å². The number of hydrogen-bond acceptors (Lipinski definition) is 4. The molecule has 0 aromatic rings. The van der Waals surface area contributed by atoms with Crippen LogP contribution in [0.4, 0.5) is 4.39 Å². The lowest BCUT2D eigenvalue weighted by molar-refractivity contribution is -0.207. The summed E-state index contributed by atoms with van der Waals surface area (Å²) < 4.78 is 17.8. The Morgan fingerprint density at radius 3 is 2.42 bits per heavy atom. The van der Waals surface area contributed by atoms with E-state index < -0.39 is 37.2 Å². The Morgan fingerprint density at radius 2 is 1.92 bits per heavy atom. The maximum Gasteiger partial charge on any atom is 0.154 e. The number of halogens is 1. The van der Waals surface area contributed by atoms with Crippen LogP contribution in [0.5, 0.6) is 0 Å². The minimum Gasteiger partial charge on any atom is -0.394 e. The van der Waals surface area contributed by atoms with Crippen molar-refractivity contribution in [1.29, 1.82) is 0 Å². The van der Waals surface area contributed by atoms with Crippen molar-refractivity contribution >= 4 is 0 Å². The van der Waals surface area contributed by atoms with Gasteiger partial charge in [0, 0.05) is 0 Å². The monoisotopic (exact) mass is 180 g/mol. The number of aliphatic hydroxyl groups is 3. The van der Waals surface area contributed by atoms with Gasteiger partial charge in [-0.05, 0) is 6.92 Å². The molecule has 2 unspecified atom stereocenters. The van der Waals surface area contributed by atoms with Crippen LogP contribution in [0.2, 0.25) is 0 Å². The molecule has 0 spiro atoms. The van der Waals surface area contributed by atoms with E-state index in [0.29, 0.717) is 0 Å². The van der Waals surface area contributed by atoms with Crippen LogP contribution in [0, 0.1) is 0 Å². The van der Waals surface area contributed by atoms with Gasteiger partial charge in [-0.2, -0.15) is 0 Å². The van der Waals surface area contributed by atoms with Crippen molar-refractivity contribution in [2.24, 2.45) is 0 Å². The van der Waals surface area contributed by atoms with Crippen molar-refractivity contribution < 1.29 is 24.4 Å². The predicted molar refractivity (Wildman–Crippen MR) is 38.3 cm³/mol. The van der Waals surface area contributed by atoms with Crippen molar-refractivity contribution in [3.05, 3.63) is 0 Å². The summed E-state index contributed by atoms with van der Waals surface area (Å²) in [5.41, 5.74) is 0. The van der Waals surface area contributed by atoms with Gasteiger partial charge in [-0.15, -0.1) is 0 Å². The first-order valence-corrected chi connectivity index (χ1v) is 3.84. The van der Waals surface area contributed by atoms with Gasteiger partial charge >= 0.3 is 0 Å². The van der Waals surface area contributed by atoms with Crippen molar-refractivity contribution in [2.45, 2.75) is 37.5 Å². The van der Waals surface area contributed by atoms with Gasteiger partial charge in [-0.25, -0.2) is 4.39 Å². The molecule has 0 aliphatic carbocycles. The molecule has 0 amide bonds. The fourth-order valence-electron chi connectivity index (χ4n) is 1.27. The maximum atomic E-state index is 12.9.